The number of hydrogen-bond acceptors (Lipinski definition) is 4. The minimum absolute atomic E-state index is 0. The van der Waals surface area contributed by atoms with Gasteiger partial charge in [0.15, 0.2) is 0 Å². The van der Waals surface area contributed by atoms with Gasteiger partial charge < -0.3 is 15.0 Å². The molecule has 0 radical (unpaired) electrons. The van der Waals surface area contributed by atoms with E-state index in [0.717, 1.165) is 22.3 Å². The number of thioether (sulfide) groups is 1. The summed E-state index contributed by atoms with van der Waals surface area (Å²) in [4.78, 5) is 38.3. The van der Waals surface area contributed by atoms with Crippen LogP contribution in [0.5, 0.6) is 0 Å². The average molecular weight is 698 g/mol. The second-order valence-corrected chi connectivity index (χ2v) is 13.0. The molecule has 2 atom stereocenters. The number of rotatable bonds is 8. The molecule has 0 aromatic heterocycles. The standard InChI is InChI=1S/C24H26ClN2O3.C6H5Cl.C4H10S.C2H6.K/c1-16(2)14-27-22(18-5-8-20(25)9-6-18)12-7-19(24(27)30)13-23(29)26-21-10-3-17(15-28)4-11-21;7-6-4-2-1-3-5-6;1-4(2)5-3;1-2;/h3-6,8-11,16,19,22H,7,12-14H2,1-2H3,(H,26,29);1-5H;4H,1-3H3;1-2H3;/q-1;;;;+1. The summed E-state index contributed by atoms with van der Waals surface area (Å²) in [5, 5.41) is 5.08. The molecule has 1 N–H and O–H groups in total. The van der Waals surface area contributed by atoms with Crippen LogP contribution in [0.4, 0.5) is 5.69 Å². The van der Waals surface area contributed by atoms with Crippen molar-refractivity contribution in [2.45, 2.75) is 72.1 Å². The van der Waals surface area contributed by atoms with E-state index in [2.05, 4.69) is 39.3 Å². The first-order chi connectivity index (χ1) is 21.0. The number of benzene rings is 3. The Morgan fingerprint density at radius 1 is 0.911 bits per heavy atom. The van der Waals surface area contributed by atoms with Crippen molar-refractivity contribution in [2.75, 3.05) is 18.1 Å². The summed E-state index contributed by atoms with van der Waals surface area (Å²) in [6.07, 6.45) is 5.52. The molecule has 3 aromatic rings. The van der Waals surface area contributed by atoms with Crippen LogP contribution < -0.4 is 56.7 Å². The van der Waals surface area contributed by atoms with Gasteiger partial charge in [-0.3, -0.25) is 9.59 Å². The summed E-state index contributed by atoms with van der Waals surface area (Å²) in [5.74, 6) is -0.194. The molecule has 0 aliphatic carbocycles. The van der Waals surface area contributed by atoms with Gasteiger partial charge in [0.25, 0.3) is 0 Å². The van der Waals surface area contributed by atoms with E-state index in [4.69, 9.17) is 23.2 Å². The van der Waals surface area contributed by atoms with Crippen LogP contribution in [0.3, 0.4) is 0 Å². The zero-order chi connectivity index (χ0) is 33.1. The molecule has 2 unspecified atom stereocenters. The summed E-state index contributed by atoms with van der Waals surface area (Å²) in [6.45, 7) is 13.2. The number of carbonyl (C=O) groups excluding carboxylic acids is 3. The van der Waals surface area contributed by atoms with E-state index in [1.807, 2.05) is 85.1 Å². The number of anilines is 1. The Labute approximate surface area is 328 Å². The maximum absolute atomic E-state index is 13.3. The number of piperidine rings is 1. The fourth-order valence-corrected chi connectivity index (χ4v) is 4.60. The molecule has 5 nitrogen and oxygen atoms in total. The molecule has 0 spiro atoms. The Bertz CT molecular complexity index is 1240. The van der Waals surface area contributed by atoms with Gasteiger partial charge in [-0.25, -0.2) is 0 Å². The number of amides is 2. The van der Waals surface area contributed by atoms with Gasteiger partial charge in [-0.2, -0.15) is 29.5 Å². The number of likely N-dealkylation sites (tertiary alicyclic amines) is 1. The van der Waals surface area contributed by atoms with Crippen molar-refractivity contribution in [1.82, 2.24) is 4.90 Å². The Morgan fingerprint density at radius 2 is 1.44 bits per heavy atom. The fourth-order valence-electron chi connectivity index (χ4n) is 4.33. The first kappa shape index (κ1) is 43.8. The van der Waals surface area contributed by atoms with E-state index >= 15 is 0 Å². The molecule has 0 saturated carbocycles. The zero-order valence-electron chi connectivity index (χ0n) is 28.0. The van der Waals surface area contributed by atoms with Gasteiger partial charge in [-0.15, -0.1) is 0 Å². The van der Waals surface area contributed by atoms with E-state index in [9.17, 15) is 14.4 Å². The van der Waals surface area contributed by atoms with Crippen LogP contribution in [0.15, 0.2) is 78.9 Å². The van der Waals surface area contributed by atoms with Crippen molar-refractivity contribution in [3.8, 4) is 0 Å². The van der Waals surface area contributed by atoms with Gasteiger partial charge >= 0.3 is 51.4 Å². The minimum atomic E-state index is -0.338. The van der Waals surface area contributed by atoms with Crippen LogP contribution in [-0.4, -0.2) is 41.1 Å². The van der Waals surface area contributed by atoms with Gasteiger partial charge in [-0.1, -0.05) is 107 Å². The maximum atomic E-state index is 13.3. The number of nitrogens with zero attached hydrogens (tertiary/aromatic N) is 1. The molecule has 1 aliphatic heterocycles. The van der Waals surface area contributed by atoms with Crippen molar-refractivity contribution in [3.05, 3.63) is 100 Å². The molecule has 2 amide bonds. The number of halogens is 2. The zero-order valence-corrected chi connectivity index (χ0v) is 33.4. The second kappa shape index (κ2) is 24.9. The van der Waals surface area contributed by atoms with Gasteiger partial charge in [0, 0.05) is 34.6 Å². The molecule has 9 heteroatoms. The van der Waals surface area contributed by atoms with Crippen LogP contribution >= 0.6 is 35.0 Å². The van der Waals surface area contributed by atoms with E-state index in [1.54, 1.807) is 30.6 Å². The third-order valence-electron chi connectivity index (χ3n) is 6.54. The van der Waals surface area contributed by atoms with Crippen LogP contribution in [0.1, 0.15) is 78.0 Å². The monoisotopic (exact) mass is 696 g/mol. The molecule has 1 heterocycles. The van der Waals surface area contributed by atoms with Crippen LogP contribution in [0.2, 0.25) is 10.0 Å². The smallest absolute Gasteiger partial charge is 0.376 e. The van der Waals surface area contributed by atoms with Gasteiger partial charge in [-0.05, 0) is 60.1 Å². The summed E-state index contributed by atoms with van der Waals surface area (Å²) in [7, 11) is 0. The quantitative estimate of drug-likeness (QED) is 0.206. The Kier molecular flexibility index (Phi) is 24.3. The SMILES string of the molecule is CC.CC(C)CN1C(=O)C(CC(=O)Nc2ccc([C-]=O)cc2)CCC1c1ccc(Cl)cc1.CSC(C)C.Clc1ccccc1.[K+]. The molecule has 240 valence electrons. The Hall–Kier alpha value is -1.16. The van der Waals surface area contributed by atoms with Crippen LogP contribution in [0.25, 0.3) is 0 Å². The molecule has 3 aromatic carbocycles. The van der Waals surface area contributed by atoms with E-state index in [-0.39, 0.29) is 81.6 Å². The molecule has 0 bridgehead atoms. The van der Waals surface area contributed by atoms with Crippen molar-refractivity contribution in [3.63, 3.8) is 0 Å². The Balaban J connectivity index is 0.00000107. The number of nitrogens with one attached hydrogen (secondary N) is 1. The molecule has 45 heavy (non-hydrogen) atoms. The Morgan fingerprint density at radius 3 is 1.89 bits per heavy atom. The number of carbonyl (C=O) groups is 2. The summed E-state index contributed by atoms with van der Waals surface area (Å²) in [6, 6.07) is 23.6. The molecule has 1 saturated heterocycles. The summed E-state index contributed by atoms with van der Waals surface area (Å²) >= 11 is 13.4. The molecule has 1 aliphatic rings. The molecular formula is C36H47Cl2KN2O3S. The first-order valence-corrected chi connectivity index (χ1v) is 17.2. The van der Waals surface area contributed by atoms with Crippen LogP contribution in [-0.2, 0) is 14.4 Å². The van der Waals surface area contributed by atoms with Gasteiger partial charge in [0.2, 0.25) is 11.8 Å². The van der Waals surface area contributed by atoms with Crippen molar-refractivity contribution >= 4 is 58.8 Å². The van der Waals surface area contributed by atoms with E-state index in [0.29, 0.717) is 35.2 Å². The van der Waals surface area contributed by atoms with E-state index in [1.165, 1.54) is 0 Å². The molecule has 4 rings (SSSR count). The summed E-state index contributed by atoms with van der Waals surface area (Å²) in [5.41, 5.74) is 2.09. The second-order valence-electron chi connectivity index (χ2n) is 10.7. The predicted octanol–water partition coefficient (Wildman–Crippen LogP) is 6.89. The summed E-state index contributed by atoms with van der Waals surface area (Å²) < 4.78 is 0. The molecule has 1 fully saturated rings. The third-order valence-corrected chi connectivity index (χ3v) is 7.98. The first-order valence-electron chi connectivity index (χ1n) is 15.1. The van der Waals surface area contributed by atoms with Gasteiger partial charge in [0.05, 0.1) is 12.3 Å². The van der Waals surface area contributed by atoms with Crippen molar-refractivity contribution in [2.24, 2.45) is 11.8 Å². The third kappa shape index (κ3) is 17.5. The largest absolute Gasteiger partial charge is 1.00 e. The molecular weight excluding hydrogens is 650 g/mol. The van der Waals surface area contributed by atoms with E-state index < -0.39 is 0 Å². The van der Waals surface area contributed by atoms with Crippen LogP contribution in [0, 0.1) is 11.8 Å². The number of hydrogen-bond donors (Lipinski definition) is 1. The fraction of sp³-hybridized carbons (Fsp3) is 0.417. The van der Waals surface area contributed by atoms with Crippen molar-refractivity contribution < 1.29 is 65.8 Å². The maximum Gasteiger partial charge on any atom is 1.00 e. The minimum Gasteiger partial charge on any atom is -0.376 e. The average Bonchev–Trinajstić information content (AvgIpc) is 3.02. The van der Waals surface area contributed by atoms with Crippen molar-refractivity contribution in [1.29, 1.82) is 0 Å². The van der Waals surface area contributed by atoms with Gasteiger partial charge in [0.1, 0.15) is 0 Å². The predicted molar refractivity (Wildman–Crippen MR) is 189 cm³/mol. The normalized spacial score (nSPS) is 15.3. The topological polar surface area (TPSA) is 66.5 Å².